The van der Waals surface area contributed by atoms with E-state index in [-0.39, 0.29) is 17.6 Å². The quantitative estimate of drug-likeness (QED) is 0.600. The van der Waals surface area contributed by atoms with Gasteiger partial charge in [-0.05, 0) is 47.6 Å². The van der Waals surface area contributed by atoms with Crippen molar-refractivity contribution < 1.29 is 9.18 Å². The van der Waals surface area contributed by atoms with Crippen LogP contribution in [0, 0.1) is 11.7 Å². The van der Waals surface area contributed by atoms with Gasteiger partial charge in [-0.25, -0.2) is 14.4 Å². The van der Waals surface area contributed by atoms with E-state index in [1.54, 1.807) is 24.5 Å². The zero-order valence-corrected chi connectivity index (χ0v) is 18.6. The molecule has 32 heavy (non-hydrogen) atoms. The first-order chi connectivity index (χ1) is 15.5. The number of benzene rings is 2. The van der Waals surface area contributed by atoms with Gasteiger partial charge in [-0.1, -0.05) is 50.2 Å². The summed E-state index contributed by atoms with van der Waals surface area (Å²) in [5.74, 6) is 0.845. The fourth-order valence-electron chi connectivity index (χ4n) is 4.00. The Morgan fingerprint density at radius 2 is 1.75 bits per heavy atom. The SMILES string of the molecule is CC(C)c1ccc(CNC(=O)C2CCCN(c3ncc(-c4ccc(F)cc4)cn3)C2)cc1. The van der Waals surface area contributed by atoms with Gasteiger partial charge >= 0.3 is 0 Å². The van der Waals surface area contributed by atoms with Crippen molar-refractivity contribution in [2.75, 3.05) is 18.0 Å². The van der Waals surface area contributed by atoms with Crippen LogP contribution < -0.4 is 10.2 Å². The predicted molar refractivity (Wildman–Crippen MR) is 125 cm³/mol. The van der Waals surface area contributed by atoms with Gasteiger partial charge in [-0.15, -0.1) is 0 Å². The molecule has 1 saturated heterocycles. The monoisotopic (exact) mass is 432 g/mol. The molecule has 1 fully saturated rings. The van der Waals surface area contributed by atoms with Crippen LogP contribution >= 0.6 is 0 Å². The van der Waals surface area contributed by atoms with Crippen molar-refractivity contribution in [3.05, 3.63) is 77.9 Å². The molecule has 1 aliphatic heterocycles. The Labute approximate surface area is 188 Å². The Kier molecular flexibility index (Phi) is 6.78. The summed E-state index contributed by atoms with van der Waals surface area (Å²) in [6.45, 7) is 6.32. The van der Waals surface area contributed by atoms with Crippen LogP contribution in [0.5, 0.6) is 0 Å². The van der Waals surface area contributed by atoms with Crippen LogP contribution in [0.25, 0.3) is 11.1 Å². The van der Waals surface area contributed by atoms with Crippen LogP contribution in [0.15, 0.2) is 60.9 Å². The van der Waals surface area contributed by atoms with E-state index in [1.807, 2.05) is 0 Å². The van der Waals surface area contributed by atoms with E-state index < -0.39 is 0 Å². The predicted octanol–water partition coefficient (Wildman–Crippen LogP) is 4.94. The lowest BCUT2D eigenvalue weighted by atomic mass is 9.97. The first kappa shape index (κ1) is 21.9. The molecule has 4 rings (SSSR count). The van der Waals surface area contributed by atoms with Gasteiger partial charge in [0, 0.05) is 37.6 Å². The smallest absolute Gasteiger partial charge is 0.225 e. The molecule has 1 N–H and O–H groups in total. The molecule has 1 aromatic heterocycles. The van der Waals surface area contributed by atoms with Gasteiger partial charge in [-0.2, -0.15) is 0 Å². The Morgan fingerprint density at radius 1 is 1.06 bits per heavy atom. The lowest BCUT2D eigenvalue weighted by Crippen LogP contribution is -2.43. The molecule has 0 aliphatic carbocycles. The van der Waals surface area contributed by atoms with E-state index >= 15 is 0 Å². The number of hydrogen-bond donors (Lipinski definition) is 1. The summed E-state index contributed by atoms with van der Waals surface area (Å²) < 4.78 is 13.1. The fourth-order valence-corrected chi connectivity index (χ4v) is 4.00. The molecule has 2 aromatic carbocycles. The zero-order valence-electron chi connectivity index (χ0n) is 18.6. The summed E-state index contributed by atoms with van der Waals surface area (Å²) in [5, 5.41) is 3.09. The third kappa shape index (κ3) is 5.31. The van der Waals surface area contributed by atoms with Crippen molar-refractivity contribution in [1.82, 2.24) is 15.3 Å². The number of amides is 1. The first-order valence-electron chi connectivity index (χ1n) is 11.2. The van der Waals surface area contributed by atoms with Crippen LogP contribution in [0.2, 0.25) is 0 Å². The molecular formula is C26H29FN4O. The summed E-state index contributed by atoms with van der Waals surface area (Å²) in [6, 6.07) is 14.7. The van der Waals surface area contributed by atoms with Crippen LogP contribution in [0.3, 0.4) is 0 Å². The van der Waals surface area contributed by atoms with Crippen molar-refractivity contribution in [3.63, 3.8) is 0 Å². The number of nitrogens with one attached hydrogen (secondary N) is 1. The highest BCUT2D eigenvalue weighted by molar-refractivity contribution is 5.79. The van der Waals surface area contributed by atoms with Gasteiger partial charge in [-0.3, -0.25) is 4.79 Å². The standard InChI is InChI=1S/C26H29FN4O/c1-18(2)20-7-5-19(6-8-20)14-28-25(32)22-4-3-13-31(17-22)26-29-15-23(16-30-26)21-9-11-24(27)12-10-21/h5-12,15-16,18,22H,3-4,13-14,17H2,1-2H3,(H,28,32). The molecule has 3 aromatic rings. The molecule has 0 saturated carbocycles. The highest BCUT2D eigenvalue weighted by Crippen LogP contribution is 2.23. The Morgan fingerprint density at radius 3 is 2.41 bits per heavy atom. The van der Waals surface area contributed by atoms with Gasteiger partial charge in [0.15, 0.2) is 0 Å². The largest absolute Gasteiger partial charge is 0.352 e. The molecule has 0 spiro atoms. The van der Waals surface area contributed by atoms with E-state index in [0.29, 0.717) is 25.0 Å². The third-order valence-electron chi connectivity index (χ3n) is 6.00. The van der Waals surface area contributed by atoms with Gasteiger partial charge in [0.25, 0.3) is 0 Å². The van der Waals surface area contributed by atoms with Crippen molar-refractivity contribution in [2.45, 2.75) is 39.2 Å². The number of aromatic nitrogens is 2. The highest BCUT2D eigenvalue weighted by atomic mass is 19.1. The van der Waals surface area contributed by atoms with Crippen LogP contribution in [-0.4, -0.2) is 29.0 Å². The number of carbonyl (C=O) groups is 1. The molecule has 6 heteroatoms. The summed E-state index contributed by atoms with van der Waals surface area (Å²) in [4.78, 5) is 23.9. The number of carbonyl (C=O) groups excluding carboxylic acids is 1. The topological polar surface area (TPSA) is 58.1 Å². The van der Waals surface area contributed by atoms with Crippen molar-refractivity contribution >= 4 is 11.9 Å². The van der Waals surface area contributed by atoms with E-state index in [9.17, 15) is 9.18 Å². The van der Waals surface area contributed by atoms with E-state index in [0.717, 1.165) is 36.1 Å². The Bertz CT molecular complexity index is 1030. The minimum Gasteiger partial charge on any atom is -0.352 e. The van der Waals surface area contributed by atoms with Gasteiger partial charge in [0.05, 0.1) is 5.92 Å². The molecular weight excluding hydrogens is 403 g/mol. The summed E-state index contributed by atoms with van der Waals surface area (Å²) in [7, 11) is 0. The molecule has 166 valence electrons. The molecule has 5 nitrogen and oxygen atoms in total. The average Bonchev–Trinajstić information content (AvgIpc) is 2.83. The van der Waals surface area contributed by atoms with Gasteiger partial charge in [0.1, 0.15) is 5.82 Å². The second-order valence-corrected chi connectivity index (χ2v) is 8.68. The minimum atomic E-state index is -0.267. The molecule has 2 heterocycles. The Hall–Kier alpha value is -3.28. The molecule has 1 atom stereocenters. The maximum atomic E-state index is 13.1. The third-order valence-corrected chi connectivity index (χ3v) is 6.00. The minimum absolute atomic E-state index is 0.0746. The van der Waals surface area contributed by atoms with Crippen molar-refractivity contribution in [2.24, 2.45) is 5.92 Å². The summed E-state index contributed by atoms with van der Waals surface area (Å²) >= 11 is 0. The van der Waals surface area contributed by atoms with Crippen LogP contribution in [0.4, 0.5) is 10.3 Å². The average molecular weight is 433 g/mol. The van der Waals surface area contributed by atoms with Crippen molar-refractivity contribution in [1.29, 1.82) is 0 Å². The summed E-state index contributed by atoms with van der Waals surface area (Å²) in [6.07, 6.45) is 5.28. The van der Waals surface area contributed by atoms with Gasteiger partial charge in [0.2, 0.25) is 11.9 Å². The number of halogens is 1. The van der Waals surface area contributed by atoms with E-state index in [4.69, 9.17) is 0 Å². The number of hydrogen-bond acceptors (Lipinski definition) is 4. The molecule has 1 unspecified atom stereocenters. The number of rotatable bonds is 6. The van der Waals surface area contributed by atoms with E-state index in [2.05, 4.69) is 58.3 Å². The fraction of sp³-hybridized carbons (Fsp3) is 0.346. The molecule has 0 radical (unpaired) electrons. The number of nitrogens with zero attached hydrogens (tertiary/aromatic N) is 3. The summed E-state index contributed by atoms with van der Waals surface area (Å²) in [5.41, 5.74) is 4.11. The molecule has 1 amide bonds. The molecule has 1 aliphatic rings. The highest BCUT2D eigenvalue weighted by Gasteiger charge is 2.27. The van der Waals surface area contributed by atoms with Crippen molar-refractivity contribution in [3.8, 4) is 11.1 Å². The van der Waals surface area contributed by atoms with Crippen LogP contribution in [0.1, 0.15) is 43.7 Å². The molecule has 0 bridgehead atoms. The number of piperidine rings is 1. The first-order valence-corrected chi connectivity index (χ1v) is 11.2. The second-order valence-electron chi connectivity index (χ2n) is 8.68. The zero-order chi connectivity index (χ0) is 22.5. The van der Waals surface area contributed by atoms with Gasteiger partial charge < -0.3 is 10.2 Å². The second kappa shape index (κ2) is 9.90. The van der Waals surface area contributed by atoms with Crippen LogP contribution in [-0.2, 0) is 11.3 Å². The lowest BCUT2D eigenvalue weighted by molar-refractivity contribution is -0.125. The number of anilines is 1. The van der Waals surface area contributed by atoms with E-state index in [1.165, 1.54) is 17.7 Å². The maximum Gasteiger partial charge on any atom is 0.225 e. The Balaban J connectivity index is 1.34. The lowest BCUT2D eigenvalue weighted by Gasteiger charge is -2.32. The maximum absolute atomic E-state index is 13.1. The normalized spacial score (nSPS) is 16.2.